The zero-order valence-corrected chi connectivity index (χ0v) is 60.3. The number of aliphatic hydroxyl groups is 1. The molecule has 0 saturated carbocycles. The fraction of sp³-hybridized carbons (Fsp3) is 0.787. The minimum Gasteiger partial charge on any atom is -0.387 e. The number of phosphoric ester groups is 1. The summed E-state index contributed by atoms with van der Waals surface area (Å²) in [7, 11) is 1.55. The number of carbonyl (C=O) groups excluding carboxylic acids is 1. The van der Waals surface area contributed by atoms with Crippen molar-refractivity contribution in [2.75, 3.05) is 40.9 Å². The highest BCUT2D eigenvalue weighted by atomic mass is 31.2. The van der Waals surface area contributed by atoms with Gasteiger partial charge in [0.1, 0.15) is 13.2 Å². The molecule has 89 heavy (non-hydrogen) atoms. The largest absolute Gasteiger partial charge is 0.472 e. The quantitative estimate of drug-likeness (QED) is 0.0243. The molecule has 0 rings (SSSR count). The Hall–Kier alpha value is -2.58. The molecule has 0 spiro atoms. The summed E-state index contributed by atoms with van der Waals surface area (Å²) in [6.45, 7) is 4.71. The van der Waals surface area contributed by atoms with Crippen LogP contribution in [0.3, 0.4) is 0 Å². The van der Waals surface area contributed by atoms with E-state index >= 15 is 0 Å². The number of nitrogens with zero attached hydrogens (tertiary/aromatic N) is 1. The van der Waals surface area contributed by atoms with Crippen LogP contribution in [0.2, 0.25) is 0 Å². The van der Waals surface area contributed by atoms with E-state index in [1.807, 2.05) is 27.2 Å². The van der Waals surface area contributed by atoms with Crippen LogP contribution in [-0.2, 0) is 18.4 Å². The summed E-state index contributed by atoms with van der Waals surface area (Å²) in [5.74, 6) is -0.187. The molecule has 0 aliphatic heterocycles. The molecule has 3 atom stereocenters. The third-order valence-electron chi connectivity index (χ3n) is 17.0. The molecule has 9 heteroatoms. The molecule has 0 aromatic carbocycles. The highest BCUT2D eigenvalue weighted by molar-refractivity contribution is 7.47. The minimum absolute atomic E-state index is 0.0521. The molecule has 0 aliphatic carbocycles. The number of amides is 1. The smallest absolute Gasteiger partial charge is 0.387 e. The summed E-state index contributed by atoms with van der Waals surface area (Å²) in [5, 5.41) is 14.0. The van der Waals surface area contributed by atoms with Gasteiger partial charge in [0, 0.05) is 6.42 Å². The zero-order chi connectivity index (χ0) is 64.8. The van der Waals surface area contributed by atoms with Gasteiger partial charge in [0.2, 0.25) is 5.91 Å². The van der Waals surface area contributed by atoms with Gasteiger partial charge >= 0.3 is 7.82 Å². The second-order valence-electron chi connectivity index (χ2n) is 27.0. The summed E-state index contributed by atoms with van der Waals surface area (Å²) in [6.07, 6.45) is 102. The van der Waals surface area contributed by atoms with Crippen LogP contribution in [0.15, 0.2) is 97.2 Å². The Morgan fingerprint density at radius 2 is 0.685 bits per heavy atom. The lowest BCUT2D eigenvalue weighted by molar-refractivity contribution is -0.870. The lowest BCUT2D eigenvalue weighted by Gasteiger charge is -2.25. The van der Waals surface area contributed by atoms with Crippen LogP contribution < -0.4 is 5.32 Å². The standard InChI is InChI=1S/C80H147N2O6P/c1-6-8-10-12-14-16-18-20-22-24-26-28-30-32-34-36-38-39-40-41-42-43-44-46-48-50-52-54-56-58-60-62-64-66-68-70-72-74-80(84)81-78(77-88-89(85,86)87-76-75-82(3,4)5)79(83)73-71-69-67-65-63-61-59-57-55-53-51-49-47-45-37-35-33-31-29-27-25-23-21-19-17-15-13-11-9-7-2/h8,10,14,16,20,22,26,28,32,34,55,57,63,65,71,73,78-79,83H,6-7,9,11-13,15,17-19,21,23-25,27,29-31,33,35-54,56,58-62,64,66-70,72,74-77H2,1-5H3,(H-,81,84,85,86)/p+1/b10-8-,16-14-,22-20-,28-26-,34-32-,57-55+,65-63+,73-71+. The average molecular weight is 1270 g/mol. The number of hydrogen-bond acceptors (Lipinski definition) is 5. The zero-order valence-electron chi connectivity index (χ0n) is 59.4. The average Bonchev–Trinajstić information content (AvgIpc) is 3.57. The maximum Gasteiger partial charge on any atom is 0.472 e. The van der Waals surface area contributed by atoms with E-state index in [1.165, 1.54) is 257 Å². The predicted octanol–water partition coefficient (Wildman–Crippen LogP) is 24.8. The summed E-state index contributed by atoms with van der Waals surface area (Å²) in [5.41, 5.74) is 0. The molecule has 0 fully saturated rings. The van der Waals surface area contributed by atoms with Crippen molar-refractivity contribution in [3.05, 3.63) is 97.2 Å². The second-order valence-corrected chi connectivity index (χ2v) is 28.4. The van der Waals surface area contributed by atoms with Crippen LogP contribution >= 0.6 is 7.82 Å². The van der Waals surface area contributed by atoms with Crippen molar-refractivity contribution in [3.63, 3.8) is 0 Å². The van der Waals surface area contributed by atoms with Gasteiger partial charge in [-0.15, -0.1) is 0 Å². The van der Waals surface area contributed by atoms with Gasteiger partial charge in [0.15, 0.2) is 0 Å². The number of nitrogens with one attached hydrogen (secondary N) is 1. The van der Waals surface area contributed by atoms with Crippen molar-refractivity contribution in [3.8, 4) is 0 Å². The third kappa shape index (κ3) is 72.7. The molecule has 3 N–H and O–H groups in total. The van der Waals surface area contributed by atoms with Crippen molar-refractivity contribution in [1.82, 2.24) is 5.32 Å². The molecule has 0 aromatic heterocycles. The number of unbranched alkanes of at least 4 members (excludes halogenated alkanes) is 43. The van der Waals surface area contributed by atoms with Gasteiger partial charge in [-0.05, 0) is 89.9 Å². The third-order valence-corrected chi connectivity index (χ3v) is 18.0. The number of rotatable bonds is 70. The van der Waals surface area contributed by atoms with E-state index < -0.39 is 20.0 Å². The monoisotopic (exact) mass is 1260 g/mol. The Bertz CT molecular complexity index is 1780. The number of carbonyl (C=O) groups is 1. The first kappa shape index (κ1) is 86.4. The first-order valence-corrected chi connectivity index (χ1v) is 39.6. The van der Waals surface area contributed by atoms with Crippen molar-refractivity contribution in [2.45, 2.75) is 366 Å². The summed E-state index contributed by atoms with van der Waals surface area (Å²) >= 11 is 0. The molecule has 1 amide bonds. The lowest BCUT2D eigenvalue weighted by Crippen LogP contribution is -2.45. The molecule has 0 bridgehead atoms. The van der Waals surface area contributed by atoms with Gasteiger partial charge < -0.3 is 19.8 Å². The van der Waals surface area contributed by atoms with Gasteiger partial charge in [-0.1, -0.05) is 355 Å². The molecule has 0 heterocycles. The first-order valence-electron chi connectivity index (χ1n) is 38.1. The number of phosphoric acid groups is 1. The molecular weight excluding hydrogens is 1120 g/mol. The SMILES string of the molecule is CC/C=C\C/C=C\C/C=C\C/C=C\C/C=C\CCCCCCCCCCCCCCCCCCCCCCCC(=O)NC(COP(=O)(O)OCC[N+](C)(C)C)C(O)/C=C/CC/C=C/CC/C=C/CCCCCCCCCCCCCCCCCCCCCC. The highest BCUT2D eigenvalue weighted by Crippen LogP contribution is 2.43. The van der Waals surface area contributed by atoms with Gasteiger partial charge in [-0.25, -0.2) is 4.57 Å². The molecule has 0 saturated heterocycles. The van der Waals surface area contributed by atoms with Crippen molar-refractivity contribution in [1.29, 1.82) is 0 Å². The number of hydrogen-bond donors (Lipinski definition) is 3. The van der Waals surface area contributed by atoms with E-state index in [1.54, 1.807) is 6.08 Å². The van der Waals surface area contributed by atoms with Crippen molar-refractivity contribution < 1.29 is 32.9 Å². The Kier molecular flexibility index (Phi) is 67.7. The Morgan fingerprint density at radius 3 is 1.03 bits per heavy atom. The van der Waals surface area contributed by atoms with Crippen LogP contribution in [0.1, 0.15) is 354 Å². The molecular formula is C80H148N2O6P+. The number of allylic oxidation sites excluding steroid dienone is 15. The van der Waals surface area contributed by atoms with E-state index in [9.17, 15) is 19.4 Å². The molecule has 0 aliphatic rings. The number of aliphatic hydroxyl groups excluding tert-OH is 1. The normalized spacial score (nSPS) is 14.1. The van der Waals surface area contributed by atoms with Crippen LogP contribution in [-0.4, -0.2) is 73.4 Å². The van der Waals surface area contributed by atoms with Crippen LogP contribution in [0.4, 0.5) is 0 Å². The number of likely N-dealkylation sites (N-methyl/N-ethyl adjacent to an activating group) is 1. The Morgan fingerprint density at radius 1 is 0.393 bits per heavy atom. The van der Waals surface area contributed by atoms with E-state index in [2.05, 4.69) is 104 Å². The van der Waals surface area contributed by atoms with E-state index in [-0.39, 0.29) is 19.1 Å². The summed E-state index contributed by atoms with van der Waals surface area (Å²) in [6, 6.07) is -0.875. The molecule has 3 unspecified atom stereocenters. The Labute approximate surface area is 553 Å². The lowest BCUT2D eigenvalue weighted by atomic mass is 10.0. The molecule has 0 aromatic rings. The van der Waals surface area contributed by atoms with Crippen LogP contribution in [0.25, 0.3) is 0 Å². The van der Waals surface area contributed by atoms with Crippen molar-refractivity contribution >= 4 is 13.7 Å². The van der Waals surface area contributed by atoms with E-state index in [0.717, 1.165) is 77.0 Å². The summed E-state index contributed by atoms with van der Waals surface area (Å²) in [4.78, 5) is 23.5. The van der Waals surface area contributed by atoms with E-state index in [0.29, 0.717) is 17.4 Å². The highest BCUT2D eigenvalue weighted by Gasteiger charge is 2.28. The van der Waals surface area contributed by atoms with Gasteiger partial charge in [0.05, 0.1) is 39.9 Å². The number of quaternary nitrogens is 1. The topological polar surface area (TPSA) is 105 Å². The molecule has 0 radical (unpaired) electrons. The fourth-order valence-corrected chi connectivity index (χ4v) is 11.9. The predicted molar refractivity (Wildman–Crippen MR) is 392 cm³/mol. The Balaban J connectivity index is 4.05. The van der Waals surface area contributed by atoms with Gasteiger partial charge in [0.25, 0.3) is 0 Å². The van der Waals surface area contributed by atoms with Crippen LogP contribution in [0, 0.1) is 0 Å². The van der Waals surface area contributed by atoms with Crippen molar-refractivity contribution in [2.24, 2.45) is 0 Å². The van der Waals surface area contributed by atoms with Crippen LogP contribution in [0.5, 0.6) is 0 Å². The van der Waals surface area contributed by atoms with E-state index in [4.69, 9.17) is 9.05 Å². The maximum absolute atomic E-state index is 13.1. The second kappa shape index (κ2) is 69.8. The molecule has 518 valence electrons. The van der Waals surface area contributed by atoms with Gasteiger partial charge in [-0.3, -0.25) is 13.8 Å². The fourth-order valence-electron chi connectivity index (χ4n) is 11.2. The maximum atomic E-state index is 13.1. The summed E-state index contributed by atoms with van der Waals surface area (Å²) < 4.78 is 23.8. The first-order chi connectivity index (χ1) is 43.5. The minimum atomic E-state index is -4.37. The molecule has 8 nitrogen and oxygen atoms in total. The van der Waals surface area contributed by atoms with Gasteiger partial charge in [-0.2, -0.15) is 0 Å².